The number of H-pyrrole nitrogens is 1. The normalized spacial score (nSPS) is 10.5. The topological polar surface area (TPSA) is 70.7 Å². The van der Waals surface area contributed by atoms with Crippen LogP contribution in [0, 0.1) is 19.7 Å². The van der Waals surface area contributed by atoms with Gasteiger partial charge in [0.1, 0.15) is 11.6 Å². The third-order valence-corrected chi connectivity index (χ3v) is 3.21. The molecule has 0 saturated heterocycles. The van der Waals surface area contributed by atoms with Crippen LogP contribution in [0.5, 0.6) is 0 Å². The summed E-state index contributed by atoms with van der Waals surface area (Å²) < 4.78 is 13.3. The summed E-state index contributed by atoms with van der Waals surface area (Å²) in [6.45, 7) is 3.45. The zero-order chi connectivity index (χ0) is 13.8. The van der Waals surface area contributed by atoms with E-state index in [0.717, 1.165) is 0 Å². The van der Waals surface area contributed by atoms with E-state index in [2.05, 4.69) is 20.5 Å². The van der Waals surface area contributed by atoms with Crippen LogP contribution in [0.4, 0.5) is 10.1 Å². The summed E-state index contributed by atoms with van der Waals surface area (Å²) in [5.41, 5.74) is 0.989. The monoisotopic (exact) mass is 280 g/mol. The Balaban J connectivity index is 1.88. The van der Waals surface area contributed by atoms with E-state index < -0.39 is 0 Å². The van der Waals surface area contributed by atoms with Crippen molar-refractivity contribution < 1.29 is 9.18 Å². The molecule has 7 heteroatoms. The number of carbonyl (C=O) groups excluding carboxylic acids is 1. The number of anilines is 1. The first kappa shape index (κ1) is 13.5. The van der Waals surface area contributed by atoms with E-state index in [0.29, 0.717) is 22.2 Å². The number of nitrogens with one attached hydrogen (secondary N) is 2. The number of aromatic amines is 1. The Bertz CT molecular complexity index is 599. The number of aryl methyl sites for hydroxylation is 2. The van der Waals surface area contributed by atoms with E-state index in [-0.39, 0.29) is 17.5 Å². The molecule has 0 aliphatic rings. The first-order chi connectivity index (χ1) is 9.04. The number of hydrogen-bond acceptors (Lipinski definition) is 4. The Morgan fingerprint density at radius 2 is 2.26 bits per heavy atom. The molecule has 1 aromatic heterocycles. The summed E-state index contributed by atoms with van der Waals surface area (Å²) >= 11 is 1.22. The van der Waals surface area contributed by atoms with Crippen molar-refractivity contribution in [3.63, 3.8) is 0 Å². The minimum Gasteiger partial charge on any atom is -0.325 e. The third kappa shape index (κ3) is 3.78. The van der Waals surface area contributed by atoms with Crippen LogP contribution in [-0.4, -0.2) is 26.8 Å². The van der Waals surface area contributed by atoms with Gasteiger partial charge >= 0.3 is 0 Å². The average Bonchev–Trinajstić information content (AvgIpc) is 2.77. The zero-order valence-corrected chi connectivity index (χ0v) is 11.3. The summed E-state index contributed by atoms with van der Waals surface area (Å²) in [4.78, 5) is 15.7. The van der Waals surface area contributed by atoms with Gasteiger partial charge in [0.15, 0.2) is 0 Å². The van der Waals surface area contributed by atoms with Crippen molar-refractivity contribution in [3.8, 4) is 0 Å². The van der Waals surface area contributed by atoms with Gasteiger partial charge in [-0.2, -0.15) is 0 Å². The second-order valence-corrected chi connectivity index (χ2v) is 4.95. The van der Waals surface area contributed by atoms with Gasteiger partial charge in [-0.1, -0.05) is 17.8 Å². The van der Waals surface area contributed by atoms with Crippen molar-refractivity contribution in [2.75, 3.05) is 11.1 Å². The van der Waals surface area contributed by atoms with Gasteiger partial charge in [0.2, 0.25) is 11.1 Å². The summed E-state index contributed by atoms with van der Waals surface area (Å²) in [6, 6.07) is 4.59. The second kappa shape index (κ2) is 5.83. The largest absolute Gasteiger partial charge is 0.325 e. The summed E-state index contributed by atoms with van der Waals surface area (Å²) in [6.07, 6.45) is 0. The lowest BCUT2D eigenvalue weighted by atomic mass is 10.2. The number of aromatic nitrogens is 3. The number of benzene rings is 1. The lowest BCUT2D eigenvalue weighted by Crippen LogP contribution is -2.14. The fourth-order valence-corrected chi connectivity index (χ4v) is 2.03. The van der Waals surface area contributed by atoms with Crippen LogP contribution in [0.15, 0.2) is 23.4 Å². The molecule has 2 aromatic rings. The number of hydrogen-bond donors (Lipinski definition) is 2. The minimum absolute atomic E-state index is 0.173. The van der Waals surface area contributed by atoms with E-state index in [9.17, 15) is 9.18 Å². The molecule has 0 radical (unpaired) electrons. The van der Waals surface area contributed by atoms with Gasteiger partial charge in [0, 0.05) is 5.69 Å². The second-order valence-electron chi connectivity index (χ2n) is 4.00. The Kier molecular flexibility index (Phi) is 4.16. The molecule has 19 heavy (non-hydrogen) atoms. The standard InChI is InChI=1S/C12H13FN4OS/c1-7-3-4-9(5-10(7)13)15-11(18)6-19-12-14-8(2)16-17-12/h3-5H,6H2,1-2H3,(H,15,18)(H,14,16,17). The Morgan fingerprint density at radius 1 is 1.47 bits per heavy atom. The molecule has 0 fully saturated rings. The van der Waals surface area contributed by atoms with Crippen LogP contribution in [0.2, 0.25) is 0 Å². The number of nitrogens with zero attached hydrogens (tertiary/aromatic N) is 2. The molecular formula is C12H13FN4OS. The van der Waals surface area contributed by atoms with E-state index in [4.69, 9.17) is 0 Å². The number of carbonyl (C=O) groups is 1. The number of amides is 1. The van der Waals surface area contributed by atoms with Crippen molar-refractivity contribution >= 4 is 23.4 Å². The molecule has 0 atom stereocenters. The summed E-state index contributed by atoms with van der Waals surface area (Å²) in [5.74, 6) is 0.307. The van der Waals surface area contributed by atoms with E-state index >= 15 is 0 Å². The van der Waals surface area contributed by atoms with Crippen LogP contribution in [0.25, 0.3) is 0 Å². The van der Waals surface area contributed by atoms with Gasteiger partial charge in [-0.15, -0.1) is 5.10 Å². The van der Waals surface area contributed by atoms with Crippen molar-refractivity contribution in [2.45, 2.75) is 19.0 Å². The Labute approximate surface area is 114 Å². The van der Waals surface area contributed by atoms with Crippen molar-refractivity contribution in [1.29, 1.82) is 0 Å². The van der Waals surface area contributed by atoms with Crippen molar-refractivity contribution in [2.24, 2.45) is 0 Å². The zero-order valence-electron chi connectivity index (χ0n) is 10.5. The molecule has 0 unspecified atom stereocenters. The molecule has 2 N–H and O–H groups in total. The maximum Gasteiger partial charge on any atom is 0.234 e. The van der Waals surface area contributed by atoms with Crippen LogP contribution in [0.1, 0.15) is 11.4 Å². The van der Waals surface area contributed by atoms with Crippen LogP contribution in [0.3, 0.4) is 0 Å². The minimum atomic E-state index is -0.338. The highest BCUT2D eigenvalue weighted by molar-refractivity contribution is 7.99. The van der Waals surface area contributed by atoms with Crippen LogP contribution >= 0.6 is 11.8 Å². The van der Waals surface area contributed by atoms with Crippen molar-refractivity contribution in [3.05, 3.63) is 35.4 Å². The number of thioether (sulfide) groups is 1. The molecule has 2 rings (SSSR count). The predicted octanol–water partition coefficient (Wildman–Crippen LogP) is 2.29. The van der Waals surface area contributed by atoms with Gasteiger partial charge in [0.05, 0.1) is 5.75 Å². The predicted molar refractivity (Wildman–Crippen MR) is 71.6 cm³/mol. The Hall–Kier alpha value is -1.89. The van der Waals surface area contributed by atoms with Gasteiger partial charge in [-0.05, 0) is 31.5 Å². The quantitative estimate of drug-likeness (QED) is 0.843. The average molecular weight is 280 g/mol. The van der Waals surface area contributed by atoms with Crippen LogP contribution < -0.4 is 5.32 Å². The smallest absolute Gasteiger partial charge is 0.234 e. The highest BCUT2D eigenvalue weighted by Crippen LogP contribution is 2.15. The molecule has 0 spiro atoms. The van der Waals surface area contributed by atoms with Gasteiger partial charge in [-0.25, -0.2) is 9.37 Å². The molecule has 100 valence electrons. The number of rotatable bonds is 4. The lowest BCUT2D eigenvalue weighted by molar-refractivity contribution is -0.113. The first-order valence-corrected chi connectivity index (χ1v) is 6.61. The SMILES string of the molecule is Cc1nc(SCC(=O)Nc2ccc(C)c(F)c2)n[nH]1. The summed E-state index contributed by atoms with van der Waals surface area (Å²) in [5, 5.41) is 9.74. The molecule has 0 saturated carbocycles. The third-order valence-electron chi connectivity index (χ3n) is 2.36. The van der Waals surface area contributed by atoms with E-state index in [1.54, 1.807) is 26.0 Å². The van der Waals surface area contributed by atoms with E-state index in [1.807, 2.05) is 0 Å². The highest BCUT2D eigenvalue weighted by atomic mass is 32.2. The fraction of sp³-hybridized carbons (Fsp3) is 0.250. The molecule has 1 amide bonds. The Morgan fingerprint density at radius 3 is 2.89 bits per heavy atom. The lowest BCUT2D eigenvalue weighted by Gasteiger charge is -2.05. The highest BCUT2D eigenvalue weighted by Gasteiger charge is 2.07. The maximum absolute atomic E-state index is 13.3. The van der Waals surface area contributed by atoms with Crippen molar-refractivity contribution in [1.82, 2.24) is 15.2 Å². The van der Waals surface area contributed by atoms with Gasteiger partial charge in [0.25, 0.3) is 0 Å². The maximum atomic E-state index is 13.3. The molecule has 0 aliphatic carbocycles. The molecule has 0 bridgehead atoms. The van der Waals surface area contributed by atoms with E-state index in [1.165, 1.54) is 17.8 Å². The molecular weight excluding hydrogens is 267 g/mol. The first-order valence-electron chi connectivity index (χ1n) is 5.62. The molecule has 1 aromatic carbocycles. The molecule has 0 aliphatic heterocycles. The fourth-order valence-electron chi connectivity index (χ4n) is 1.38. The van der Waals surface area contributed by atoms with Crippen LogP contribution in [-0.2, 0) is 4.79 Å². The molecule has 1 heterocycles. The van der Waals surface area contributed by atoms with Gasteiger partial charge in [-0.3, -0.25) is 9.89 Å². The summed E-state index contributed by atoms with van der Waals surface area (Å²) in [7, 11) is 0. The number of halogens is 1. The molecule has 5 nitrogen and oxygen atoms in total. The van der Waals surface area contributed by atoms with Gasteiger partial charge < -0.3 is 5.32 Å².